The molecule has 22 heavy (non-hydrogen) atoms. The third-order valence-electron chi connectivity index (χ3n) is 4.53. The average molecular weight is 298 g/mol. The molecule has 3 rings (SSSR count). The average Bonchev–Trinajstić information content (AvgIpc) is 2.58. The molecule has 1 heterocycles. The first kappa shape index (κ1) is 15.0. The number of hydrogen-bond donors (Lipinski definition) is 1. The molecule has 0 bridgehead atoms. The lowest BCUT2D eigenvalue weighted by atomic mass is 10.0. The molecular formula is C19H23FN2. The molecule has 116 valence electrons. The highest BCUT2D eigenvalue weighted by Gasteiger charge is 2.17. The summed E-state index contributed by atoms with van der Waals surface area (Å²) in [5.74, 6) is -0.177. The first-order valence-electron chi connectivity index (χ1n) is 8.00. The molecule has 0 amide bonds. The second-order valence-electron chi connectivity index (χ2n) is 6.02. The number of piperidine rings is 1. The smallest absolute Gasteiger partial charge is 0.123 e. The van der Waals surface area contributed by atoms with Crippen molar-refractivity contribution in [3.8, 4) is 0 Å². The zero-order valence-corrected chi connectivity index (χ0v) is 13.1. The highest BCUT2D eigenvalue weighted by Crippen LogP contribution is 2.21. The van der Waals surface area contributed by atoms with Crippen LogP contribution < -0.4 is 10.2 Å². The molecule has 1 aliphatic rings. The maximum absolute atomic E-state index is 12.9. The highest BCUT2D eigenvalue weighted by molar-refractivity contribution is 5.48. The van der Waals surface area contributed by atoms with Crippen LogP contribution in [0.3, 0.4) is 0 Å². The molecule has 0 aromatic heterocycles. The lowest BCUT2D eigenvalue weighted by Crippen LogP contribution is -2.41. The standard InChI is InChI=1S/C19H23FN2/c1-21-18-10-12-22(13-11-18)19-8-4-16(5-9-19)14-15-2-6-17(20)7-3-15/h2-9,18,21H,10-14H2,1H3. The molecule has 1 saturated heterocycles. The summed E-state index contributed by atoms with van der Waals surface area (Å²) in [6.07, 6.45) is 3.25. The Balaban J connectivity index is 1.62. The van der Waals surface area contributed by atoms with Crippen LogP contribution in [-0.4, -0.2) is 26.2 Å². The zero-order valence-electron chi connectivity index (χ0n) is 13.1. The summed E-state index contributed by atoms with van der Waals surface area (Å²) in [6, 6.07) is 16.2. The van der Waals surface area contributed by atoms with Crippen LogP contribution in [0.5, 0.6) is 0 Å². The van der Waals surface area contributed by atoms with Crippen LogP contribution in [0.25, 0.3) is 0 Å². The number of nitrogens with zero attached hydrogens (tertiary/aromatic N) is 1. The van der Waals surface area contributed by atoms with E-state index in [9.17, 15) is 4.39 Å². The van der Waals surface area contributed by atoms with Gasteiger partial charge in [-0.1, -0.05) is 24.3 Å². The Morgan fingerprint density at radius 2 is 1.50 bits per heavy atom. The first-order valence-corrected chi connectivity index (χ1v) is 8.00. The maximum Gasteiger partial charge on any atom is 0.123 e. The van der Waals surface area contributed by atoms with Gasteiger partial charge >= 0.3 is 0 Å². The molecule has 0 unspecified atom stereocenters. The second kappa shape index (κ2) is 6.93. The van der Waals surface area contributed by atoms with E-state index in [0.29, 0.717) is 6.04 Å². The molecule has 2 aromatic carbocycles. The van der Waals surface area contributed by atoms with Gasteiger partial charge in [0, 0.05) is 24.8 Å². The Kier molecular flexibility index (Phi) is 4.74. The lowest BCUT2D eigenvalue weighted by Gasteiger charge is -2.33. The largest absolute Gasteiger partial charge is 0.371 e. The summed E-state index contributed by atoms with van der Waals surface area (Å²) in [6.45, 7) is 2.23. The van der Waals surface area contributed by atoms with Crippen LogP contribution >= 0.6 is 0 Å². The van der Waals surface area contributed by atoms with Crippen LogP contribution in [0.4, 0.5) is 10.1 Å². The Bertz CT molecular complexity index is 584. The minimum atomic E-state index is -0.177. The number of rotatable bonds is 4. The molecule has 0 atom stereocenters. The van der Waals surface area contributed by atoms with Gasteiger partial charge in [-0.05, 0) is 61.7 Å². The summed E-state index contributed by atoms with van der Waals surface area (Å²) in [5.41, 5.74) is 3.71. The maximum atomic E-state index is 12.9. The van der Waals surface area contributed by atoms with Crippen molar-refractivity contribution in [1.29, 1.82) is 0 Å². The minimum Gasteiger partial charge on any atom is -0.371 e. The van der Waals surface area contributed by atoms with Gasteiger partial charge in [0.05, 0.1) is 0 Å². The topological polar surface area (TPSA) is 15.3 Å². The van der Waals surface area contributed by atoms with E-state index in [0.717, 1.165) is 25.1 Å². The molecule has 0 radical (unpaired) electrons. The second-order valence-corrected chi connectivity index (χ2v) is 6.02. The van der Waals surface area contributed by atoms with Crippen molar-refractivity contribution < 1.29 is 4.39 Å². The van der Waals surface area contributed by atoms with E-state index in [-0.39, 0.29) is 5.82 Å². The fraction of sp³-hybridized carbons (Fsp3) is 0.368. The van der Waals surface area contributed by atoms with Gasteiger partial charge in [-0.2, -0.15) is 0 Å². The molecular weight excluding hydrogens is 275 g/mol. The van der Waals surface area contributed by atoms with Crippen LogP contribution in [-0.2, 0) is 6.42 Å². The predicted molar refractivity (Wildman–Crippen MR) is 89.9 cm³/mol. The highest BCUT2D eigenvalue weighted by atomic mass is 19.1. The molecule has 0 aliphatic carbocycles. The van der Waals surface area contributed by atoms with Gasteiger partial charge in [-0.25, -0.2) is 4.39 Å². The lowest BCUT2D eigenvalue weighted by molar-refractivity contribution is 0.442. The quantitative estimate of drug-likeness (QED) is 0.927. The normalized spacial score (nSPS) is 16.0. The first-order chi connectivity index (χ1) is 10.7. The van der Waals surface area contributed by atoms with E-state index in [1.165, 1.54) is 36.2 Å². The van der Waals surface area contributed by atoms with Crippen molar-refractivity contribution in [2.24, 2.45) is 0 Å². The summed E-state index contributed by atoms with van der Waals surface area (Å²) in [7, 11) is 2.05. The number of benzene rings is 2. The van der Waals surface area contributed by atoms with Gasteiger partial charge in [0.1, 0.15) is 5.82 Å². The molecule has 1 N–H and O–H groups in total. The fourth-order valence-corrected chi connectivity index (χ4v) is 3.09. The summed E-state index contributed by atoms with van der Waals surface area (Å²) in [5, 5.41) is 3.36. The van der Waals surface area contributed by atoms with Crippen LogP contribution in [0.15, 0.2) is 48.5 Å². The number of nitrogens with one attached hydrogen (secondary N) is 1. The van der Waals surface area contributed by atoms with E-state index < -0.39 is 0 Å². The Hall–Kier alpha value is -1.87. The molecule has 0 saturated carbocycles. The van der Waals surface area contributed by atoms with Crippen molar-refractivity contribution in [1.82, 2.24) is 5.32 Å². The summed E-state index contributed by atoms with van der Waals surface area (Å²) in [4.78, 5) is 2.45. The molecule has 1 fully saturated rings. The summed E-state index contributed by atoms with van der Waals surface area (Å²) >= 11 is 0. The van der Waals surface area contributed by atoms with Gasteiger partial charge in [-0.15, -0.1) is 0 Å². The molecule has 2 aromatic rings. The van der Waals surface area contributed by atoms with Gasteiger partial charge < -0.3 is 10.2 Å². The number of halogens is 1. The van der Waals surface area contributed by atoms with E-state index in [1.807, 2.05) is 19.2 Å². The van der Waals surface area contributed by atoms with Crippen molar-refractivity contribution in [3.05, 3.63) is 65.5 Å². The molecule has 2 nitrogen and oxygen atoms in total. The summed E-state index contributed by atoms with van der Waals surface area (Å²) < 4.78 is 12.9. The predicted octanol–water partition coefficient (Wildman–Crippen LogP) is 3.60. The third-order valence-corrected chi connectivity index (χ3v) is 4.53. The third kappa shape index (κ3) is 3.66. The van der Waals surface area contributed by atoms with Crippen molar-refractivity contribution >= 4 is 5.69 Å². The van der Waals surface area contributed by atoms with Crippen LogP contribution in [0, 0.1) is 5.82 Å². The Morgan fingerprint density at radius 1 is 0.955 bits per heavy atom. The van der Waals surface area contributed by atoms with E-state index >= 15 is 0 Å². The Labute approximate surface area is 132 Å². The van der Waals surface area contributed by atoms with Crippen LogP contribution in [0.1, 0.15) is 24.0 Å². The van der Waals surface area contributed by atoms with Crippen molar-refractivity contribution in [3.63, 3.8) is 0 Å². The van der Waals surface area contributed by atoms with E-state index in [1.54, 1.807) is 0 Å². The monoisotopic (exact) mass is 298 g/mol. The number of hydrogen-bond acceptors (Lipinski definition) is 2. The van der Waals surface area contributed by atoms with Crippen LogP contribution in [0.2, 0.25) is 0 Å². The molecule has 1 aliphatic heterocycles. The van der Waals surface area contributed by atoms with Gasteiger partial charge in [0.2, 0.25) is 0 Å². The van der Waals surface area contributed by atoms with E-state index in [2.05, 4.69) is 34.5 Å². The van der Waals surface area contributed by atoms with Gasteiger partial charge in [0.15, 0.2) is 0 Å². The van der Waals surface area contributed by atoms with Gasteiger partial charge in [0.25, 0.3) is 0 Å². The molecule has 3 heteroatoms. The minimum absolute atomic E-state index is 0.177. The van der Waals surface area contributed by atoms with E-state index in [4.69, 9.17) is 0 Å². The Morgan fingerprint density at radius 3 is 2.05 bits per heavy atom. The zero-order chi connectivity index (χ0) is 15.4. The van der Waals surface area contributed by atoms with Gasteiger partial charge in [-0.3, -0.25) is 0 Å². The fourth-order valence-electron chi connectivity index (χ4n) is 3.09. The van der Waals surface area contributed by atoms with Crippen molar-refractivity contribution in [2.45, 2.75) is 25.3 Å². The van der Waals surface area contributed by atoms with Crippen molar-refractivity contribution in [2.75, 3.05) is 25.0 Å². The SMILES string of the molecule is CNC1CCN(c2ccc(Cc3ccc(F)cc3)cc2)CC1. The molecule has 0 spiro atoms. The number of anilines is 1.